The van der Waals surface area contributed by atoms with Crippen LogP contribution in [0.25, 0.3) is 0 Å². The van der Waals surface area contributed by atoms with Gasteiger partial charge in [-0.15, -0.1) is 10.2 Å². The third-order valence-electron chi connectivity index (χ3n) is 3.86. The molecule has 1 aromatic heterocycles. The van der Waals surface area contributed by atoms with Crippen molar-refractivity contribution < 1.29 is 9.21 Å². The molecule has 1 aromatic carbocycles. The monoisotopic (exact) mass is 329 g/mol. The molecule has 0 aliphatic rings. The summed E-state index contributed by atoms with van der Waals surface area (Å²) in [7, 11) is 0. The van der Waals surface area contributed by atoms with Gasteiger partial charge in [0.15, 0.2) is 0 Å². The van der Waals surface area contributed by atoms with Crippen LogP contribution in [0.15, 0.2) is 34.7 Å². The number of aryl methyl sites for hydroxylation is 1. The summed E-state index contributed by atoms with van der Waals surface area (Å²) in [6.07, 6.45) is 2.37. The molecule has 5 nitrogen and oxygen atoms in total. The maximum atomic E-state index is 12.3. The highest BCUT2D eigenvalue weighted by Crippen LogP contribution is 2.27. The Morgan fingerprint density at radius 2 is 1.92 bits per heavy atom. The summed E-state index contributed by atoms with van der Waals surface area (Å²) >= 11 is 0. The van der Waals surface area contributed by atoms with Gasteiger partial charge in [0.05, 0.1) is 5.92 Å². The van der Waals surface area contributed by atoms with Gasteiger partial charge in [-0.25, -0.2) is 0 Å². The first kappa shape index (κ1) is 18.2. The summed E-state index contributed by atoms with van der Waals surface area (Å²) in [5.41, 5.74) is 1.30. The molecule has 0 bridgehead atoms. The zero-order valence-electron chi connectivity index (χ0n) is 15.0. The van der Waals surface area contributed by atoms with Crippen molar-refractivity contribution in [1.29, 1.82) is 0 Å². The van der Waals surface area contributed by atoms with Crippen molar-refractivity contribution in [2.45, 2.75) is 52.9 Å². The van der Waals surface area contributed by atoms with E-state index in [1.807, 2.05) is 30.3 Å². The van der Waals surface area contributed by atoms with Crippen molar-refractivity contribution in [3.63, 3.8) is 0 Å². The van der Waals surface area contributed by atoms with Crippen LogP contribution in [-0.4, -0.2) is 22.6 Å². The fraction of sp³-hybridized carbons (Fsp3) is 0.526. The Kier molecular flexibility index (Phi) is 6.12. The average molecular weight is 329 g/mol. The van der Waals surface area contributed by atoms with E-state index in [-0.39, 0.29) is 11.8 Å². The number of hydrogen-bond acceptors (Lipinski definition) is 4. The van der Waals surface area contributed by atoms with Gasteiger partial charge in [-0.3, -0.25) is 4.79 Å². The Labute approximate surface area is 143 Å². The normalized spacial score (nSPS) is 12.8. The van der Waals surface area contributed by atoms with E-state index in [0.717, 1.165) is 18.4 Å². The Balaban J connectivity index is 1.97. The van der Waals surface area contributed by atoms with Crippen LogP contribution in [0, 0.1) is 12.3 Å². The predicted molar refractivity (Wildman–Crippen MR) is 93.6 cm³/mol. The van der Waals surface area contributed by atoms with Gasteiger partial charge in [-0.1, -0.05) is 51.1 Å². The van der Waals surface area contributed by atoms with Crippen LogP contribution in [0.2, 0.25) is 0 Å². The molecule has 0 aliphatic carbocycles. The van der Waals surface area contributed by atoms with Crippen LogP contribution < -0.4 is 5.32 Å². The van der Waals surface area contributed by atoms with Gasteiger partial charge < -0.3 is 9.73 Å². The molecular formula is C19H27N3O2. The standard InChI is InChI=1S/C19H27N3O2/c1-14-21-22-18(24-14)16(15-9-6-5-7-10-15)13-17(23)20-12-8-11-19(2,3)4/h5-7,9-10,16H,8,11-13H2,1-4H3,(H,20,23). The number of nitrogens with zero attached hydrogens (tertiary/aromatic N) is 2. The zero-order valence-corrected chi connectivity index (χ0v) is 15.0. The number of amides is 1. The highest BCUT2D eigenvalue weighted by molar-refractivity contribution is 5.77. The predicted octanol–water partition coefficient (Wildman–Crippen LogP) is 3.84. The highest BCUT2D eigenvalue weighted by Gasteiger charge is 2.23. The minimum atomic E-state index is -0.213. The fourth-order valence-electron chi connectivity index (χ4n) is 2.59. The zero-order chi connectivity index (χ0) is 17.6. The second kappa shape index (κ2) is 8.08. The van der Waals surface area contributed by atoms with Gasteiger partial charge in [-0.05, 0) is 23.8 Å². The number of carbonyl (C=O) groups excluding carboxylic acids is 1. The molecule has 130 valence electrons. The van der Waals surface area contributed by atoms with E-state index < -0.39 is 0 Å². The van der Waals surface area contributed by atoms with Crippen molar-refractivity contribution in [2.24, 2.45) is 5.41 Å². The second-order valence-electron chi connectivity index (χ2n) is 7.34. The third kappa shape index (κ3) is 5.80. The number of hydrogen-bond donors (Lipinski definition) is 1. The molecule has 0 saturated heterocycles. The molecular weight excluding hydrogens is 302 g/mol. The summed E-state index contributed by atoms with van der Waals surface area (Å²) in [4.78, 5) is 12.3. The lowest BCUT2D eigenvalue weighted by atomic mass is 9.90. The van der Waals surface area contributed by atoms with Crippen molar-refractivity contribution in [1.82, 2.24) is 15.5 Å². The second-order valence-corrected chi connectivity index (χ2v) is 7.34. The Bertz CT molecular complexity index is 644. The molecule has 5 heteroatoms. The highest BCUT2D eigenvalue weighted by atomic mass is 16.4. The average Bonchev–Trinajstić information content (AvgIpc) is 2.95. The molecule has 1 heterocycles. The van der Waals surface area contributed by atoms with Crippen LogP contribution >= 0.6 is 0 Å². The summed E-state index contributed by atoms with van der Waals surface area (Å²) in [5.74, 6) is 0.795. The van der Waals surface area contributed by atoms with E-state index in [4.69, 9.17) is 4.42 Å². The van der Waals surface area contributed by atoms with Gasteiger partial charge >= 0.3 is 0 Å². The van der Waals surface area contributed by atoms with Crippen molar-refractivity contribution in [3.8, 4) is 0 Å². The fourth-order valence-corrected chi connectivity index (χ4v) is 2.59. The van der Waals surface area contributed by atoms with Crippen molar-refractivity contribution in [3.05, 3.63) is 47.7 Å². The topological polar surface area (TPSA) is 68.0 Å². The van der Waals surface area contributed by atoms with Gasteiger partial charge in [0, 0.05) is 19.9 Å². The number of carbonyl (C=O) groups is 1. The smallest absolute Gasteiger partial charge is 0.224 e. The third-order valence-corrected chi connectivity index (χ3v) is 3.86. The van der Waals surface area contributed by atoms with E-state index in [1.54, 1.807) is 6.92 Å². The van der Waals surface area contributed by atoms with Crippen LogP contribution in [0.3, 0.4) is 0 Å². The van der Waals surface area contributed by atoms with Gasteiger partial charge in [0.1, 0.15) is 0 Å². The van der Waals surface area contributed by atoms with E-state index in [0.29, 0.717) is 30.2 Å². The minimum Gasteiger partial charge on any atom is -0.425 e. The molecule has 0 fully saturated rings. The molecule has 2 aromatic rings. The summed E-state index contributed by atoms with van der Waals surface area (Å²) in [5, 5.41) is 11.0. The number of benzene rings is 1. The van der Waals surface area contributed by atoms with E-state index in [2.05, 4.69) is 36.3 Å². The molecule has 0 radical (unpaired) electrons. The molecule has 0 aliphatic heterocycles. The number of rotatable bonds is 7. The van der Waals surface area contributed by atoms with Crippen LogP contribution in [0.4, 0.5) is 0 Å². The minimum absolute atomic E-state index is 0.00798. The molecule has 0 spiro atoms. The quantitative estimate of drug-likeness (QED) is 0.784. The SMILES string of the molecule is Cc1nnc(C(CC(=O)NCCCC(C)(C)C)c2ccccc2)o1. The first-order valence-corrected chi connectivity index (χ1v) is 8.47. The Morgan fingerprint density at radius 1 is 1.21 bits per heavy atom. The molecule has 1 amide bonds. The Hall–Kier alpha value is -2.17. The van der Waals surface area contributed by atoms with Crippen molar-refractivity contribution in [2.75, 3.05) is 6.54 Å². The first-order chi connectivity index (χ1) is 11.3. The molecule has 1 unspecified atom stereocenters. The maximum Gasteiger partial charge on any atom is 0.224 e. The summed E-state index contributed by atoms with van der Waals surface area (Å²) < 4.78 is 5.57. The van der Waals surface area contributed by atoms with Gasteiger partial charge in [0.2, 0.25) is 17.7 Å². The van der Waals surface area contributed by atoms with Gasteiger partial charge in [0.25, 0.3) is 0 Å². The van der Waals surface area contributed by atoms with Crippen LogP contribution in [-0.2, 0) is 4.79 Å². The van der Waals surface area contributed by atoms with Crippen molar-refractivity contribution >= 4 is 5.91 Å². The Morgan fingerprint density at radius 3 is 2.50 bits per heavy atom. The molecule has 1 N–H and O–H groups in total. The molecule has 1 atom stereocenters. The molecule has 24 heavy (non-hydrogen) atoms. The maximum absolute atomic E-state index is 12.3. The summed E-state index contributed by atoms with van der Waals surface area (Å²) in [6, 6.07) is 9.82. The largest absolute Gasteiger partial charge is 0.425 e. The lowest BCUT2D eigenvalue weighted by Gasteiger charge is -2.18. The number of aromatic nitrogens is 2. The molecule has 0 saturated carbocycles. The lowest BCUT2D eigenvalue weighted by molar-refractivity contribution is -0.121. The van der Waals surface area contributed by atoms with E-state index >= 15 is 0 Å². The van der Waals surface area contributed by atoms with E-state index in [9.17, 15) is 4.79 Å². The first-order valence-electron chi connectivity index (χ1n) is 8.47. The summed E-state index contributed by atoms with van der Waals surface area (Å²) in [6.45, 7) is 9.07. The van der Waals surface area contributed by atoms with E-state index in [1.165, 1.54) is 0 Å². The van der Waals surface area contributed by atoms with Crippen LogP contribution in [0.1, 0.15) is 63.3 Å². The molecule has 2 rings (SSSR count). The lowest BCUT2D eigenvalue weighted by Crippen LogP contribution is -2.27. The van der Waals surface area contributed by atoms with Gasteiger partial charge in [-0.2, -0.15) is 0 Å². The number of nitrogens with one attached hydrogen (secondary N) is 1. The van der Waals surface area contributed by atoms with Crippen LogP contribution in [0.5, 0.6) is 0 Å².